The number of hydrogen-bond donors (Lipinski definition) is 1. The lowest BCUT2D eigenvalue weighted by Crippen LogP contribution is -2.09. The lowest BCUT2D eigenvalue weighted by molar-refractivity contribution is 0.235. The summed E-state index contributed by atoms with van der Waals surface area (Å²) in [6.07, 6.45) is 1.02. The molecular weight excluding hydrogens is 258 g/mol. The Bertz CT molecular complexity index is 637. The smallest absolute Gasteiger partial charge is 0.227 e. The Balaban J connectivity index is 2.15. The van der Waals surface area contributed by atoms with Crippen LogP contribution in [-0.4, -0.2) is 5.11 Å². The first kappa shape index (κ1) is 13.2. The second-order valence-corrected chi connectivity index (χ2v) is 3.73. The highest BCUT2D eigenvalue weighted by atomic mass is 19.2. The molecule has 2 aromatic rings. The second kappa shape index (κ2) is 5.62. The summed E-state index contributed by atoms with van der Waals surface area (Å²) in [6.45, 7) is -0.707. The van der Waals surface area contributed by atoms with Crippen molar-refractivity contribution in [2.75, 3.05) is 0 Å². The van der Waals surface area contributed by atoms with Gasteiger partial charge in [-0.15, -0.1) is 0 Å². The van der Waals surface area contributed by atoms with Gasteiger partial charge in [0.25, 0.3) is 0 Å². The first-order valence-corrected chi connectivity index (χ1v) is 5.40. The van der Waals surface area contributed by atoms with Crippen LogP contribution < -0.4 is 10.2 Å². The molecular formula is C13H10F2O4. The van der Waals surface area contributed by atoms with E-state index in [-0.39, 0.29) is 23.7 Å². The fraction of sp³-hybridized carbons (Fsp3) is 0.154. The SMILES string of the molecule is O=c1cc(CO)occ1OCc1cccc(F)c1F. The van der Waals surface area contributed by atoms with Crippen molar-refractivity contribution in [2.24, 2.45) is 0 Å². The maximum Gasteiger partial charge on any atom is 0.227 e. The van der Waals surface area contributed by atoms with Crippen LogP contribution in [0.1, 0.15) is 11.3 Å². The number of aliphatic hydroxyl groups excluding tert-OH is 1. The molecule has 0 aliphatic heterocycles. The van der Waals surface area contributed by atoms with Crippen molar-refractivity contribution in [1.82, 2.24) is 0 Å². The zero-order chi connectivity index (χ0) is 13.8. The van der Waals surface area contributed by atoms with E-state index < -0.39 is 23.7 Å². The van der Waals surface area contributed by atoms with Crippen molar-refractivity contribution in [3.63, 3.8) is 0 Å². The van der Waals surface area contributed by atoms with Gasteiger partial charge in [-0.25, -0.2) is 8.78 Å². The van der Waals surface area contributed by atoms with Crippen LogP contribution >= 0.6 is 0 Å². The van der Waals surface area contributed by atoms with Crippen molar-refractivity contribution in [3.8, 4) is 5.75 Å². The summed E-state index contributed by atoms with van der Waals surface area (Å²) in [4.78, 5) is 11.5. The van der Waals surface area contributed by atoms with Gasteiger partial charge >= 0.3 is 0 Å². The molecule has 100 valence electrons. The molecule has 0 aliphatic rings. The molecule has 1 aromatic heterocycles. The van der Waals surface area contributed by atoms with Gasteiger partial charge in [0.15, 0.2) is 11.6 Å². The Labute approximate surface area is 106 Å². The van der Waals surface area contributed by atoms with Gasteiger partial charge in [0, 0.05) is 11.6 Å². The van der Waals surface area contributed by atoms with E-state index in [9.17, 15) is 13.6 Å². The zero-order valence-electron chi connectivity index (χ0n) is 9.73. The molecule has 1 N–H and O–H groups in total. The van der Waals surface area contributed by atoms with E-state index in [1.54, 1.807) is 0 Å². The third-order valence-electron chi connectivity index (χ3n) is 2.42. The lowest BCUT2D eigenvalue weighted by Gasteiger charge is -2.06. The molecule has 0 radical (unpaired) electrons. The highest BCUT2D eigenvalue weighted by Crippen LogP contribution is 2.14. The van der Waals surface area contributed by atoms with E-state index in [0.29, 0.717) is 0 Å². The Morgan fingerprint density at radius 1 is 1.32 bits per heavy atom. The third-order valence-corrected chi connectivity index (χ3v) is 2.42. The average molecular weight is 268 g/mol. The summed E-state index contributed by atoms with van der Waals surface area (Å²) >= 11 is 0. The number of benzene rings is 1. The lowest BCUT2D eigenvalue weighted by atomic mass is 10.2. The van der Waals surface area contributed by atoms with Crippen molar-refractivity contribution < 1.29 is 23.0 Å². The Morgan fingerprint density at radius 3 is 2.79 bits per heavy atom. The Hall–Kier alpha value is -2.21. The van der Waals surface area contributed by atoms with E-state index >= 15 is 0 Å². The molecule has 0 spiro atoms. The van der Waals surface area contributed by atoms with Crippen LogP contribution in [0.15, 0.2) is 39.7 Å². The van der Waals surface area contributed by atoms with Crippen LogP contribution in [0.5, 0.6) is 5.75 Å². The first-order chi connectivity index (χ1) is 9.11. The summed E-state index contributed by atoms with van der Waals surface area (Å²) in [5, 5.41) is 8.76. The monoisotopic (exact) mass is 268 g/mol. The molecule has 1 heterocycles. The molecule has 1 aromatic carbocycles. The van der Waals surface area contributed by atoms with E-state index in [1.807, 2.05) is 0 Å². The fourth-order valence-electron chi connectivity index (χ4n) is 1.44. The summed E-state index contributed by atoms with van der Waals surface area (Å²) in [5.41, 5.74) is -0.516. The summed E-state index contributed by atoms with van der Waals surface area (Å²) in [6, 6.07) is 4.75. The topological polar surface area (TPSA) is 59.7 Å². The van der Waals surface area contributed by atoms with Crippen molar-refractivity contribution >= 4 is 0 Å². The summed E-state index contributed by atoms with van der Waals surface area (Å²) in [5.74, 6) is -2.04. The maximum absolute atomic E-state index is 13.3. The van der Waals surface area contributed by atoms with Gasteiger partial charge in [0.2, 0.25) is 11.2 Å². The van der Waals surface area contributed by atoms with Crippen molar-refractivity contribution in [1.29, 1.82) is 0 Å². The van der Waals surface area contributed by atoms with Crippen molar-refractivity contribution in [3.05, 3.63) is 63.7 Å². The molecule has 2 rings (SSSR count). The third kappa shape index (κ3) is 2.97. The van der Waals surface area contributed by atoms with Crippen LogP contribution in [0.2, 0.25) is 0 Å². The first-order valence-electron chi connectivity index (χ1n) is 5.40. The average Bonchev–Trinajstić information content (AvgIpc) is 2.41. The summed E-state index contributed by atoms with van der Waals surface area (Å²) in [7, 11) is 0. The molecule has 4 nitrogen and oxygen atoms in total. The van der Waals surface area contributed by atoms with Crippen molar-refractivity contribution in [2.45, 2.75) is 13.2 Å². The molecule has 0 amide bonds. The van der Waals surface area contributed by atoms with Gasteiger partial charge in [0.05, 0.1) is 0 Å². The van der Waals surface area contributed by atoms with Crippen LogP contribution in [0, 0.1) is 11.6 Å². The minimum atomic E-state index is -1.01. The number of ether oxygens (including phenoxy) is 1. The minimum Gasteiger partial charge on any atom is -0.482 e. The van der Waals surface area contributed by atoms with Crippen LogP contribution in [0.4, 0.5) is 8.78 Å². The van der Waals surface area contributed by atoms with Crippen LogP contribution in [0.3, 0.4) is 0 Å². The van der Waals surface area contributed by atoms with Crippen LogP contribution in [0.25, 0.3) is 0 Å². The number of rotatable bonds is 4. The molecule has 6 heteroatoms. The largest absolute Gasteiger partial charge is 0.482 e. The molecule has 0 saturated carbocycles. The Morgan fingerprint density at radius 2 is 2.11 bits per heavy atom. The highest BCUT2D eigenvalue weighted by molar-refractivity contribution is 5.21. The molecule has 0 aliphatic carbocycles. The van der Waals surface area contributed by atoms with E-state index in [1.165, 1.54) is 12.1 Å². The van der Waals surface area contributed by atoms with Gasteiger partial charge < -0.3 is 14.3 Å². The van der Waals surface area contributed by atoms with Gasteiger partial charge in [-0.3, -0.25) is 4.79 Å². The second-order valence-electron chi connectivity index (χ2n) is 3.73. The summed E-state index contributed by atoms with van der Waals surface area (Å²) < 4.78 is 36.2. The number of hydrogen-bond acceptors (Lipinski definition) is 4. The zero-order valence-corrected chi connectivity index (χ0v) is 9.73. The van der Waals surface area contributed by atoms with E-state index in [0.717, 1.165) is 18.4 Å². The van der Waals surface area contributed by atoms with Gasteiger partial charge in [0.1, 0.15) is 25.2 Å². The Kier molecular flexibility index (Phi) is 3.91. The minimum absolute atomic E-state index is 0.00867. The molecule has 0 bridgehead atoms. The predicted molar refractivity (Wildman–Crippen MR) is 61.6 cm³/mol. The van der Waals surface area contributed by atoms with Gasteiger partial charge in [-0.2, -0.15) is 0 Å². The highest BCUT2D eigenvalue weighted by Gasteiger charge is 2.10. The normalized spacial score (nSPS) is 10.5. The van der Waals surface area contributed by atoms with Gasteiger partial charge in [-0.05, 0) is 6.07 Å². The number of aliphatic hydroxyl groups is 1. The molecule has 0 atom stereocenters. The molecule has 19 heavy (non-hydrogen) atoms. The van der Waals surface area contributed by atoms with E-state index in [4.69, 9.17) is 14.3 Å². The van der Waals surface area contributed by atoms with Gasteiger partial charge in [-0.1, -0.05) is 12.1 Å². The predicted octanol–water partition coefficient (Wildman–Crippen LogP) is 1.99. The standard InChI is InChI=1S/C13H10F2O4/c14-10-3-1-2-8(13(10)15)6-19-12-7-18-9(5-16)4-11(12)17/h1-4,7,16H,5-6H2. The number of halogens is 2. The fourth-order valence-corrected chi connectivity index (χ4v) is 1.44. The maximum atomic E-state index is 13.3. The quantitative estimate of drug-likeness (QED) is 0.921. The van der Waals surface area contributed by atoms with E-state index in [2.05, 4.69) is 0 Å². The molecule has 0 unspecified atom stereocenters. The molecule has 0 saturated heterocycles. The molecule has 0 fully saturated rings. The van der Waals surface area contributed by atoms with Crippen LogP contribution in [-0.2, 0) is 13.2 Å².